The molecule has 0 bridgehead atoms. The molecule has 0 amide bonds. The van der Waals surface area contributed by atoms with Crippen LogP contribution in [0.2, 0.25) is 0 Å². The maximum atomic E-state index is 12.7. The molecule has 0 unspecified atom stereocenters. The van der Waals surface area contributed by atoms with E-state index in [4.69, 9.17) is 0 Å². The zero-order valence-electron chi connectivity index (χ0n) is 11.9. The minimum Gasteiger partial charge on any atom is -0.359 e. The van der Waals surface area contributed by atoms with Gasteiger partial charge < -0.3 is 10.2 Å². The minimum atomic E-state index is -4.22. The van der Waals surface area contributed by atoms with Crippen LogP contribution in [0.5, 0.6) is 0 Å². The molecular weight excluding hydrogens is 333 g/mol. The van der Waals surface area contributed by atoms with E-state index in [0.29, 0.717) is 16.7 Å². The highest BCUT2D eigenvalue weighted by Gasteiger charge is 2.32. The summed E-state index contributed by atoms with van der Waals surface area (Å²) in [7, 11) is 0. The quantitative estimate of drug-likeness (QED) is 0.819. The summed E-state index contributed by atoms with van der Waals surface area (Å²) >= 11 is 3.38. The van der Waals surface area contributed by atoms with Gasteiger partial charge in [-0.25, -0.2) is 0 Å². The van der Waals surface area contributed by atoms with Gasteiger partial charge in [0.25, 0.3) is 0 Å². The van der Waals surface area contributed by atoms with Gasteiger partial charge in [0.05, 0.1) is 5.69 Å². The first-order chi connectivity index (χ1) is 9.24. The number of nitrogens with one attached hydrogen (secondary N) is 1. The average Bonchev–Trinajstić information content (AvgIpc) is 2.32. The van der Waals surface area contributed by atoms with Crippen LogP contribution < -0.4 is 10.2 Å². The third-order valence-electron chi connectivity index (χ3n) is 2.87. The molecule has 0 radical (unpaired) electrons. The summed E-state index contributed by atoms with van der Waals surface area (Å²) in [5.74, 6) is 0. The largest absolute Gasteiger partial charge is 0.405 e. The van der Waals surface area contributed by atoms with Gasteiger partial charge in [0, 0.05) is 17.1 Å². The number of benzene rings is 1. The molecule has 114 valence electrons. The highest BCUT2D eigenvalue weighted by molar-refractivity contribution is 9.10. The van der Waals surface area contributed by atoms with Gasteiger partial charge in [-0.1, -0.05) is 13.0 Å². The smallest absolute Gasteiger partial charge is 0.359 e. The molecule has 0 aliphatic heterocycles. The van der Waals surface area contributed by atoms with Gasteiger partial charge in [-0.3, -0.25) is 0 Å². The van der Waals surface area contributed by atoms with E-state index < -0.39 is 12.7 Å². The summed E-state index contributed by atoms with van der Waals surface area (Å²) in [6.45, 7) is 6.13. The van der Waals surface area contributed by atoms with Gasteiger partial charge >= 0.3 is 6.18 Å². The zero-order valence-corrected chi connectivity index (χ0v) is 13.5. The number of hydrogen-bond donors (Lipinski definition) is 1. The van der Waals surface area contributed by atoms with E-state index in [1.54, 1.807) is 19.9 Å². The molecular formula is C14H20BrF3N2. The van der Waals surface area contributed by atoms with Crippen LogP contribution in [-0.2, 0) is 6.54 Å². The summed E-state index contributed by atoms with van der Waals surface area (Å²) < 4.78 is 38.7. The molecule has 0 spiro atoms. The van der Waals surface area contributed by atoms with Crippen LogP contribution in [0.3, 0.4) is 0 Å². The van der Waals surface area contributed by atoms with Crippen LogP contribution in [0.15, 0.2) is 22.7 Å². The third-order valence-corrected chi connectivity index (χ3v) is 3.51. The Hall–Kier alpha value is -0.750. The summed E-state index contributed by atoms with van der Waals surface area (Å²) in [6.07, 6.45) is -4.22. The maximum Gasteiger partial charge on any atom is 0.405 e. The Morgan fingerprint density at radius 1 is 1.30 bits per heavy atom. The average molecular weight is 353 g/mol. The van der Waals surface area contributed by atoms with Crippen molar-refractivity contribution in [2.75, 3.05) is 18.0 Å². The lowest BCUT2D eigenvalue weighted by atomic mass is 10.1. The van der Waals surface area contributed by atoms with E-state index in [9.17, 15) is 13.2 Å². The number of nitrogens with zero attached hydrogens (tertiary/aromatic N) is 1. The fraction of sp³-hybridized carbons (Fsp3) is 0.571. The Labute approximate surface area is 126 Å². The fourth-order valence-corrected chi connectivity index (χ4v) is 2.56. The Morgan fingerprint density at radius 2 is 1.95 bits per heavy atom. The molecule has 6 heteroatoms. The van der Waals surface area contributed by atoms with Crippen molar-refractivity contribution in [1.29, 1.82) is 0 Å². The van der Waals surface area contributed by atoms with E-state index in [2.05, 4.69) is 21.2 Å². The highest BCUT2D eigenvalue weighted by atomic mass is 79.9. The molecule has 1 aromatic carbocycles. The SMILES string of the molecule is CCNCc1ccc(N(CC(F)(F)F)C(C)C)c(Br)c1. The number of rotatable bonds is 6. The molecule has 2 nitrogen and oxygen atoms in total. The summed E-state index contributed by atoms with van der Waals surface area (Å²) in [4.78, 5) is 1.35. The normalized spacial score (nSPS) is 12.0. The van der Waals surface area contributed by atoms with Crippen molar-refractivity contribution in [1.82, 2.24) is 5.32 Å². The number of halogens is 4. The van der Waals surface area contributed by atoms with Gasteiger partial charge in [-0.05, 0) is 54.0 Å². The topological polar surface area (TPSA) is 15.3 Å². The summed E-state index contributed by atoms with van der Waals surface area (Å²) in [5, 5.41) is 3.19. The molecule has 1 rings (SSSR count). The second-order valence-corrected chi connectivity index (χ2v) is 5.76. The van der Waals surface area contributed by atoms with E-state index in [0.717, 1.165) is 12.1 Å². The molecule has 0 aliphatic carbocycles. The lowest BCUT2D eigenvalue weighted by Gasteiger charge is -2.31. The zero-order chi connectivity index (χ0) is 15.3. The van der Waals surface area contributed by atoms with Crippen LogP contribution in [0.1, 0.15) is 26.3 Å². The number of anilines is 1. The Balaban J connectivity index is 2.97. The molecule has 0 fully saturated rings. The van der Waals surface area contributed by atoms with Gasteiger partial charge in [0.2, 0.25) is 0 Å². The van der Waals surface area contributed by atoms with Crippen molar-refractivity contribution in [2.24, 2.45) is 0 Å². The first-order valence-corrected chi connectivity index (χ1v) is 7.36. The molecule has 1 aromatic rings. The van der Waals surface area contributed by atoms with Crippen molar-refractivity contribution >= 4 is 21.6 Å². The van der Waals surface area contributed by atoms with Crippen LogP contribution in [0.4, 0.5) is 18.9 Å². The molecule has 0 aromatic heterocycles. The fourth-order valence-electron chi connectivity index (χ4n) is 1.90. The van der Waals surface area contributed by atoms with Crippen LogP contribution in [0, 0.1) is 0 Å². The van der Waals surface area contributed by atoms with Gasteiger partial charge in [0.15, 0.2) is 0 Å². The van der Waals surface area contributed by atoms with Crippen molar-refractivity contribution in [2.45, 2.75) is 39.5 Å². The van der Waals surface area contributed by atoms with E-state index in [-0.39, 0.29) is 6.04 Å². The molecule has 0 saturated carbocycles. The number of alkyl halides is 3. The lowest BCUT2D eigenvalue weighted by molar-refractivity contribution is -0.120. The van der Waals surface area contributed by atoms with Gasteiger partial charge in [0.1, 0.15) is 6.54 Å². The first kappa shape index (κ1) is 17.3. The molecule has 1 N–H and O–H groups in total. The van der Waals surface area contributed by atoms with E-state index in [1.165, 1.54) is 4.90 Å². The second-order valence-electron chi connectivity index (χ2n) is 4.90. The van der Waals surface area contributed by atoms with Crippen molar-refractivity contribution in [3.8, 4) is 0 Å². The minimum absolute atomic E-state index is 0.229. The van der Waals surface area contributed by atoms with Gasteiger partial charge in [-0.2, -0.15) is 13.2 Å². The standard InChI is InChI=1S/C14H20BrF3N2/c1-4-19-8-11-5-6-13(12(15)7-11)20(10(2)3)9-14(16,17)18/h5-7,10,19H,4,8-9H2,1-3H3. The highest BCUT2D eigenvalue weighted by Crippen LogP contribution is 2.31. The molecule has 0 heterocycles. The van der Waals surface area contributed by atoms with Gasteiger partial charge in [-0.15, -0.1) is 0 Å². The van der Waals surface area contributed by atoms with Crippen LogP contribution in [-0.4, -0.2) is 25.3 Å². The van der Waals surface area contributed by atoms with Crippen LogP contribution >= 0.6 is 15.9 Å². The lowest BCUT2D eigenvalue weighted by Crippen LogP contribution is -2.39. The summed E-state index contributed by atoms with van der Waals surface area (Å²) in [5.41, 5.74) is 1.61. The molecule has 0 aliphatic rings. The van der Waals surface area contributed by atoms with E-state index in [1.807, 2.05) is 19.1 Å². The van der Waals surface area contributed by atoms with Crippen LogP contribution in [0.25, 0.3) is 0 Å². The van der Waals surface area contributed by atoms with E-state index >= 15 is 0 Å². The van der Waals surface area contributed by atoms with Crippen molar-refractivity contribution in [3.05, 3.63) is 28.2 Å². The van der Waals surface area contributed by atoms with Crippen molar-refractivity contribution < 1.29 is 13.2 Å². The Bertz CT molecular complexity index is 433. The Morgan fingerprint density at radius 3 is 2.40 bits per heavy atom. The Kier molecular flexibility index (Phi) is 6.33. The molecule has 20 heavy (non-hydrogen) atoms. The maximum absolute atomic E-state index is 12.7. The second kappa shape index (κ2) is 7.31. The predicted molar refractivity (Wildman–Crippen MR) is 80.1 cm³/mol. The molecule has 0 saturated heterocycles. The monoisotopic (exact) mass is 352 g/mol. The first-order valence-electron chi connectivity index (χ1n) is 6.57. The third kappa shape index (κ3) is 5.32. The van der Waals surface area contributed by atoms with Crippen molar-refractivity contribution in [3.63, 3.8) is 0 Å². The predicted octanol–water partition coefficient (Wildman–Crippen LogP) is 4.34. The number of hydrogen-bond acceptors (Lipinski definition) is 2. The molecule has 0 atom stereocenters. The summed E-state index contributed by atoms with van der Waals surface area (Å²) in [6, 6.07) is 5.23.